The van der Waals surface area contributed by atoms with Crippen molar-refractivity contribution in [2.45, 2.75) is 26.8 Å². The molecular weight excluding hydrogens is 285 g/mol. The minimum Gasteiger partial charge on any atom is -0.405 e. The van der Waals surface area contributed by atoms with E-state index in [4.69, 9.17) is 0 Å². The van der Waals surface area contributed by atoms with E-state index in [0.29, 0.717) is 6.54 Å². The number of nitrogens with one attached hydrogen (secondary N) is 2. The molecule has 0 aliphatic heterocycles. The van der Waals surface area contributed by atoms with Crippen LogP contribution in [-0.2, 0) is 11.3 Å². The number of carbonyl (C=O) groups is 1. The molecule has 0 radical (unpaired) electrons. The molecule has 0 aliphatic rings. The quantitative estimate of drug-likeness (QED) is 0.813. The van der Waals surface area contributed by atoms with Gasteiger partial charge in [0, 0.05) is 24.6 Å². The molecule has 1 unspecified atom stereocenters. The zero-order valence-electron chi connectivity index (χ0n) is 12.0. The summed E-state index contributed by atoms with van der Waals surface area (Å²) in [6, 6.07) is 5.74. The van der Waals surface area contributed by atoms with Gasteiger partial charge in [-0.25, -0.2) is 0 Å². The summed E-state index contributed by atoms with van der Waals surface area (Å²) in [7, 11) is 0. The first kappa shape index (κ1) is 17.3. The Labute approximate surface area is 121 Å². The van der Waals surface area contributed by atoms with Gasteiger partial charge in [0.15, 0.2) is 0 Å². The van der Waals surface area contributed by atoms with Crippen LogP contribution in [0.3, 0.4) is 0 Å². The first-order valence-electron chi connectivity index (χ1n) is 6.65. The minimum atomic E-state index is -4.75. The van der Waals surface area contributed by atoms with Crippen molar-refractivity contribution in [2.75, 3.05) is 13.1 Å². The molecule has 0 aliphatic carbocycles. The second-order valence-corrected chi connectivity index (χ2v) is 4.58. The molecule has 1 aromatic carbocycles. The SMILES string of the molecule is CCNCC(C)C(=O)NCc1ccccc1OC(F)(F)F. The molecule has 0 saturated heterocycles. The highest BCUT2D eigenvalue weighted by molar-refractivity contribution is 5.78. The van der Waals surface area contributed by atoms with Crippen molar-refractivity contribution in [2.24, 2.45) is 5.92 Å². The van der Waals surface area contributed by atoms with E-state index in [9.17, 15) is 18.0 Å². The number of benzene rings is 1. The topological polar surface area (TPSA) is 50.4 Å². The van der Waals surface area contributed by atoms with E-state index in [1.165, 1.54) is 18.2 Å². The zero-order chi connectivity index (χ0) is 15.9. The van der Waals surface area contributed by atoms with Gasteiger partial charge in [-0.15, -0.1) is 13.2 Å². The maximum atomic E-state index is 12.3. The van der Waals surface area contributed by atoms with Crippen molar-refractivity contribution in [3.8, 4) is 5.75 Å². The van der Waals surface area contributed by atoms with Crippen molar-refractivity contribution in [1.29, 1.82) is 0 Å². The van der Waals surface area contributed by atoms with E-state index in [-0.39, 0.29) is 29.7 Å². The Kier molecular flexibility index (Phi) is 6.48. The van der Waals surface area contributed by atoms with Gasteiger partial charge in [0.25, 0.3) is 0 Å². The lowest BCUT2D eigenvalue weighted by molar-refractivity contribution is -0.274. The molecular formula is C14H19F3N2O2. The van der Waals surface area contributed by atoms with Crippen LogP contribution in [0, 0.1) is 5.92 Å². The number of para-hydroxylation sites is 1. The number of ether oxygens (including phenoxy) is 1. The third kappa shape index (κ3) is 6.48. The second kappa shape index (κ2) is 7.87. The van der Waals surface area contributed by atoms with E-state index in [2.05, 4.69) is 15.4 Å². The van der Waals surface area contributed by atoms with Crippen LogP contribution in [0.4, 0.5) is 13.2 Å². The molecule has 0 saturated carbocycles. The van der Waals surface area contributed by atoms with Crippen LogP contribution in [0.1, 0.15) is 19.4 Å². The maximum Gasteiger partial charge on any atom is 0.573 e. The van der Waals surface area contributed by atoms with Gasteiger partial charge in [0.1, 0.15) is 5.75 Å². The Morgan fingerprint density at radius 3 is 2.62 bits per heavy atom. The van der Waals surface area contributed by atoms with E-state index in [1.54, 1.807) is 13.0 Å². The third-order valence-corrected chi connectivity index (χ3v) is 2.80. The lowest BCUT2D eigenvalue weighted by atomic mass is 10.1. The normalized spacial score (nSPS) is 12.8. The van der Waals surface area contributed by atoms with Crippen molar-refractivity contribution in [3.63, 3.8) is 0 Å². The van der Waals surface area contributed by atoms with Crippen molar-refractivity contribution in [3.05, 3.63) is 29.8 Å². The molecule has 1 atom stereocenters. The predicted molar refractivity (Wildman–Crippen MR) is 72.7 cm³/mol. The van der Waals surface area contributed by atoms with Crippen LogP contribution >= 0.6 is 0 Å². The summed E-state index contributed by atoms with van der Waals surface area (Å²) in [5, 5.41) is 5.64. The Balaban J connectivity index is 2.61. The van der Waals surface area contributed by atoms with Gasteiger partial charge in [-0.05, 0) is 12.6 Å². The molecule has 1 aromatic rings. The summed E-state index contributed by atoms with van der Waals surface area (Å²) in [5.74, 6) is -0.789. The lowest BCUT2D eigenvalue weighted by Gasteiger charge is -2.15. The summed E-state index contributed by atoms with van der Waals surface area (Å²) >= 11 is 0. The van der Waals surface area contributed by atoms with Crippen molar-refractivity contribution >= 4 is 5.91 Å². The Hall–Kier alpha value is -1.76. The first-order chi connectivity index (χ1) is 9.83. The van der Waals surface area contributed by atoms with Crippen molar-refractivity contribution in [1.82, 2.24) is 10.6 Å². The van der Waals surface area contributed by atoms with Crippen LogP contribution in [0.25, 0.3) is 0 Å². The smallest absolute Gasteiger partial charge is 0.405 e. The number of carbonyl (C=O) groups excluding carboxylic acids is 1. The van der Waals surface area contributed by atoms with Crippen LogP contribution in [0.5, 0.6) is 5.75 Å². The molecule has 0 spiro atoms. The number of rotatable bonds is 7. The van der Waals surface area contributed by atoms with Gasteiger partial charge < -0.3 is 15.4 Å². The average molecular weight is 304 g/mol. The van der Waals surface area contributed by atoms with E-state index >= 15 is 0 Å². The van der Waals surface area contributed by atoms with Gasteiger partial charge in [-0.1, -0.05) is 32.0 Å². The van der Waals surface area contributed by atoms with Gasteiger partial charge >= 0.3 is 6.36 Å². The van der Waals surface area contributed by atoms with Gasteiger partial charge in [0.05, 0.1) is 0 Å². The minimum absolute atomic E-state index is 0.0123. The third-order valence-electron chi connectivity index (χ3n) is 2.80. The molecule has 7 heteroatoms. The average Bonchev–Trinajstić information content (AvgIpc) is 2.41. The maximum absolute atomic E-state index is 12.3. The summed E-state index contributed by atoms with van der Waals surface area (Å²) in [6.45, 7) is 4.93. The fourth-order valence-electron chi connectivity index (χ4n) is 1.68. The van der Waals surface area contributed by atoms with Crippen molar-refractivity contribution < 1.29 is 22.7 Å². The highest BCUT2D eigenvalue weighted by atomic mass is 19.4. The van der Waals surface area contributed by atoms with E-state index < -0.39 is 6.36 Å². The van der Waals surface area contributed by atoms with Gasteiger partial charge in [-0.2, -0.15) is 0 Å². The Bertz CT molecular complexity index is 464. The fourth-order valence-corrected chi connectivity index (χ4v) is 1.68. The summed E-state index contributed by atoms with van der Waals surface area (Å²) in [6.07, 6.45) is -4.75. The molecule has 0 aromatic heterocycles. The van der Waals surface area contributed by atoms with E-state index in [1.807, 2.05) is 6.92 Å². The van der Waals surface area contributed by atoms with Crippen LogP contribution < -0.4 is 15.4 Å². The van der Waals surface area contributed by atoms with Crippen LogP contribution in [0.2, 0.25) is 0 Å². The highest BCUT2D eigenvalue weighted by Crippen LogP contribution is 2.26. The number of amides is 1. The number of halogens is 3. The number of alkyl halides is 3. The molecule has 4 nitrogen and oxygen atoms in total. The summed E-state index contributed by atoms with van der Waals surface area (Å²) < 4.78 is 40.7. The number of hydrogen-bond acceptors (Lipinski definition) is 3. The molecule has 0 fully saturated rings. The van der Waals surface area contributed by atoms with Gasteiger partial charge in [0.2, 0.25) is 5.91 Å². The molecule has 0 heterocycles. The lowest BCUT2D eigenvalue weighted by Crippen LogP contribution is -2.35. The summed E-state index contributed by atoms with van der Waals surface area (Å²) in [5.41, 5.74) is 0.277. The van der Waals surface area contributed by atoms with E-state index in [0.717, 1.165) is 6.54 Å². The molecule has 1 amide bonds. The molecule has 2 N–H and O–H groups in total. The molecule has 118 valence electrons. The molecule has 21 heavy (non-hydrogen) atoms. The summed E-state index contributed by atoms with van der Waals surface area (Å²) in [4.78, 5) is 11.8. The first-order valence-corrected chi connectivity index (χ1v) is 6.65. The van der Waals surface area contributed by atoms with Crippen LogP contribution in [-0.4, -0.2) is 25.4 Å². The fraction of sp³-hybridized carbons (Fsp3) is 0.500. The van der Waals surface area contributed by atoms with Gasteiger partial charge in [-0.3, -0.25) is 4.79 Å². The van der Waals surface area contributed by atoms with Crippen LogP contribution in [0.15, 0.2) is 24.3 Å². The Morgan fingerprint density at radius 1 is 1.33 bits per heavy atom. The monoisotopic (exact) mass is 304 g/mol. The second-order valence-electron chi connectivity index (χ2n) is 4.58. The standard InChI is InChI=1S/C14H19F3N2O2/c1-3-18-8-10(2)13(20)19-9-11-6-4-5-7-12(11)21-14(15,16)17/h4-7,10,18H,3,8-9H2,1-2H3,(H,19,20). The zero-order valence-corrected chi connectivity index (χ0v) is 12.0. The number of hydrogen-bond donors (Lipinski definition) is 2. The largest absolute Gasteiger partial charge is 0.573 e. The highest BCUT2D eigenvalue weighted by Gasteiger charge is 2.32. The molecule has 0 bridgehead atoms. The Morgan fingerprint density at radius 2 is 2.00 bits per heavy atom. The predicted octanol–water partition coefficient (Wildman–Crippen LogP) is 2.45. The molecule has 1 rings (SSSR count).